The number of hydrogen-bond donors (Lipinski definition) is 2. The van der Waals surface area contributed by atoms with Gasteiger partial charge in [0.05, 0.1) is 21.3 Å². The van der Waals surface area contributed by atoms with Gasteiger partial charge in [0.2, 0.25) is 0 Å². The minimum absolute atomic E-state index is 0.117. The second kappa shape index (κ2) is 8.82. The van der Waals surface area contributed by atoms with Crippen molar-refractivity contribution in [1.82, 2.24) is 5.32 Å². The molecule has 3 aromatic rings. The number of aromatic carboxylic acids is 1. The molecule has 1 aliphatic heterocycles. The Labute approximate surface area is 203 Å². The van der Waals surface area contributed by atoms with Crippen LogP contribution >= 0.6 is 35.4 Å². The fourth-order valence-corrected chi connectivity index (χ4v) is 3.99. The van der Waals surface area contributed by atoms with E-state index in [1.165, 1.54) is 18.2 Å². The van der Waals surface area contributed by atoms with E-state index in [1.807, 2.05) is 0 Å². The smallest absolute Gasteiger partial charge is 0.335 e. The van der Waals surface area contributed by atoms with E-state index in [4.69, 9.17) is 44.9 Å². The predicted molar refractivity (Wildman–Crippen MR) is 129 cm³/mol. The maximum atomic E-state index is 13.2. The van der Waals surface area contributed by atoms with Crippen LogP contribution in [0.1, 0.15) is 21.7 Å². The number of aryl methyl sites for hydroxylation is 1. The second-order valence-electron chi connectivity index (χ2n) is 7.07. The van der Waals surface area contributed by atoms with Crippen molar-refractivity contribution in [3.63, 3.8) is 0 Å². The molecule has 0 atom stereocenters. The molecule has 2 heterocycles. The van der Waals surface area contributed by atoms with Crippen molar-refractivity contribution in [2.24, 2.45) is 0 Å². The first kappa shape index (κ1) is 22.7. The fraction of sp³-hybridized carbons (Fsp3) is 0.0435. The lowest BCUT2D eigenvalue weighted by molar-refractivity contribution is -0.122. The van der Waals surface area contributed by atoms with E-state index in [1.54, 1.807) is 43.3 Å². The first-order valence-corrected chi connectivity index (χ1v) is 10.6. The zero-order chi connectivity index (χ0) is 23.9. The van der Waals surface area contributed by atoms with E-state index in [9.17, 15) is 14.4 Å². The van der Waals surface area contributed by atoms with Gasteiger partial charge in [-0.3, -0.25) is 19.8 Å². The summed E-state index contributed by atoms with van der Waals surface area (Å²) < 4.78 is 5.81. The van der Waals surface area contributed by atoms with Gasteiger partial charge in [0.15, 0.2) is 5.11 Å². The number of carboxylic acid groups (broad SMARTS) is 1. The molecule has 0 saturated carbocycles. The number of hydrogen-bond acceptors (Lipinski definition) is 5. The van der Waals surface area contributed by atoms with Crippen LogP contribution in [0.3, 0.4) is 0 Å². The Morgan fingerprint density at radius 3 is 2.61 bits per heavy atom. The summed E-state index contributed by atoms with van der Waals surface area (Å²) in [5.41, 5.74) is 1.56. The first-order valence-electron chi connectivity index (χ1n) is 9.47. The predicted octanol–water partition coefficient (Wildman–Crippen LogP) is 5.09. The monoisotopic (exact) mass is 500 g/mol. The number of rotatable bonds is 4. The Bertz CT molecular complexity index is 1380. The van der Waals surface area contributed by atoms with Gasteiger partial charge >= 0.3 is 5.97 Å². The van der Waals surface area contributed by atoms with Crippen molar-refractivity contribution < 1.29 is 23.9 Å². The second-order valence-corrected chi connectivity index (χ2v) is 8.24. The Hall–Kier alpha value is -3.46. The third-order valence-electron chi connectivity index (χ3n) is 4.93. The molecule has 1 fully saturated rings. The lowest BCUT2D eigenvalue weighted by Gasteiger charge is -2.29. The van der Waals surface area contributed by atoms with Crippen molar-refractivity contribution in [3.05, 3.63) is 81.0 Å². The quantitative estimate of drug-likeness (QED) is 0.294. The number of amides is 2. The lowest BCUT2D eigenvalue weighted by Crippen LogP contribution is -2.54. The summed E-state index contributed by atoms with van der Waals surface area (Å²) in [5.74, 6) is -1.70. The van der Waals surface area contributed by atoms with Gasteiger partial charge in [0.25, 0.3) is 11.8 Å². The molecule has 1 aromatic heterocycles. The van der Waals surface area contributed by atoms with Crippen LogP contribution in [-0.2, 0) is 9.59 Å². The standard InChI is InChI=1S/C23H14Cl2N2O5S/c1-11-9-12(22(30)31)5-7-14(11)18-8-6-13(32-18)10-15-20(28)26-23(33)27(21(15)29)17-4-2-3-16(24)19(17)25/h2-10H,1H3,(H,30,31)(H,26,28,33)/b15-10+. The zero-order valence-electron chi connectivity index (χ0n) is 16.9. The average Bonchev–Trinajstić information content (AvgIpc) is 3.22. The fourth-order valence-electron chi connectivity index (χ4n) is 3.33. The van der Waals surface area contributed by atoms with Crippen LogP contribution in [0.2, 0.25) is 10.0 Å². The number of carbonyl (C=O) groups excluding carboxylic acids is 2. The van der Waals surface area contributed by atoms with Gasteiger partial charge in [-0.1, -0.05) is 35.3 Å². The molecule has 0 aliphatic carbocycles. The molecule has 33 heavy (non-hydrogen) atoms. The normalized spacial score (nSPS) is 15.2. The maximum absolute atomic E-state index is 13.2. The van der Waals surface area contributed by atoms with Crippen LogP contribution in [0.5, 0.6) is 0 Å². The number of furan rings is 1. The van der Waals surface area contributed by atoms with Crippen LogP contribution in [0.4, 0.5) is 5.69 Å². The Kier molecular flexibility index (Phi) is 6.07. The zero-order valence-corrected chi connectivity index (χ0v) is 19.2. The first-order chi connectivity index (χ1) is 15.7. The third-order valence-corrected chi connectivity index (χ3v) is 6.02. The summed E-state index contributed by atoms with van der Waals surface area (Å²) in [6.07, 6.45) is 1.30. The van der Waals surface area contributed by atoms with Crippen LogP contribution in [0.15, 0.2) is 58.5 Å². The number of halogens is 2. The molecule has 0 bridgehead atoms. The highest BCUT2D eigenvalue weighted by atomic mass is 35.5. The topological polar surface area (TPSA) is 99.8 Å². The molecule has 0 unspecified atom stereocenters. The van der Waals surface area contributed by atoms with Gasteiger partial charge in [0, 0.05) is 5.56 Å². The maximum Gasteiger partial charge on any atom is 0.335 e. The van der Waals surface area contributed by atoms with Gasteiger partial charge in [-0.15, -0.1) is 0 Å². The molecule has 4 rings (SSSR count). The summed E-state index contributed by atoms with van der Waals surface area (Å²) in [5, 5.41) is 11.8. The van der Waals surface area contributed by atoms with Crippen LogP contribution < -0.4 is 10.2 Å². The van der Waals surface area contributed by atoms with E-state index in [-0.39, 0.29) is 37.7 Å². The van der Waals surface area contributed by atoms with Crippen molar-refractivity contribution in [1.29, 1.82) is 0 Å². The average molecular weight is 501 g/mol. The Morgan fingerprint density at radius 1 is 1.15 bits per heavy atom. The van der Waals surface area contributed by atoms with Crippen molar-refractivity contribution >= 4 is 70.1 Å². The summed E-state index contributed by atoms with van der Waals surface area (Å²) in [6, 6.07) is 12.6. The van der Waals surface area contributed by atoms with E-state index in [0.29, 0.717) is 16.9 Å². The largest absolute Gasteiger partial charge is 0.478 e. The van der Waals surface area contributed by atoms with E-state index in [2.05, 4.69) is 5.32 Å². The van der Waals surface area contributed by atoms with Gasteiger partial charge < -0.3 is 9.52 Å². The summed E-state index contributed by atoms with van der Waals surface area (Å²) in [7, 11) is 0. The number of nitrogens with one attached hydrogen (secondary N) is 1. The molecule has 10 heteroatoms. The molecule has 166 valence electrons. The molecule has 2 N–H and O–H groups in total. The van der Waals surface area contributed by atoms with Crippen molar-refractivity contribution in [2.75, 3.05) is 4.90 Å². The third kappa shape index (κ3) is 4.28. The highest BCUT2D eigenvalue weighted by Crippen LogP contribution is 2.34. The lowest BCUT2D eigenvalue weighted by atomic mass is 10.0. The number of thiocarbonyl (C=S) groups is 1. The number of benzene rings is 2. The van der Waals surface area contributed by atoms with Crippen molar-refractivity contribution in [2.45, 2.75) is 6.92 Å². The number of carboxylic acids is 1. The number of anilines is 1. The number of nitrogens with zero attached hydrogens (tertiary/aromatic N) is 1. The Morgan fingerprint density at radius 2 is 1.91 bits per heavy atom. The van der Waals surface area contributed by atoms with Crippen LogP contribution in [-0.4, -0.2) is 28.0 Å². The molecule has 2 amide bonds. The minimum Gasteiger partial charge on any atom is -0.478 e. The number of carbonyl (C=O) groups is 3. The Balaban J connectivity index is 1.69. The molecular formula is C23H14Cl2N2O5S. The van der Waals surface area contributed by atoms with Gasteiger partial charge in [0.1, 0.15) is 17.1 Å². The van der Waals surface area contributed by atoms with Gasteiger partial charge in [-0.2, -0.15) is 0 Å². The van der Waals surface area contributed by atoms with E-state index < -0.39 is 17.8 Å². The summed E-state index contributed by atoms with van der Waals surface area (Å²) in [6.45, 7) is 1.76. The molecule has 7 nitrogen and oxygen atoms in total. The molecule has 2 aromatic carbocycles. The molecule has 0 radical (unpaired) electrons. The molecule has 1 aliphatic rings. The minimum atomic E-state index is -1.03. The SMILES string of the molecule is Cc1cc(C(=O)O)ccc1-c1ccc(/C=C2\C(=O)NC(=S)N(c3cccc(Cl)c3Cl)C2=O)o1. The highest BCUT2D eigenvalue weighted by molar-refractivity contribution is 7.80. The van der Waals surface area contributed by atoms with E-state index >= 15 is 0 Å². The molecule has 0 spiro atoms. The summed E-state index contributed by atoms with van der Waals surface area (Å²) in [4.78, 5) is 37.9. The molecule has 1 saturated heterocycles. The highest BCUT2D eigenvalue weighted by Gasteiger charge is 2.36. The van der Waals surface area contributed by atoms with Crippen molar-refractivity contribution in [3.8, 4) is 11.3 Å². The van der Waals surface area contributed by atoms with Gasteiger partial charge in [-0.25, -0.2) is 4.79 Å². The van der Waals surface area contributed by atoms with Crippen LogP contribution in [0.25, 0.3) is 17.4 Å². The summed E-state index contributed by atoms with van der Waals surface area (Å²) >= 11 is 17.5. The van der Waals surface area contributed by atoms with E-state index in [0.717, 1.165) is 4.90 Å². The van der Waals surface area contributed by atoms with Gasteiger partial charge in [-0.05, 0) is 67.2 Å². The van der Waals surface area contributed by atoms with Crippen LogP contribution in [0, 0.1) is 6.92 Å². The molecular weight excluding hydrogens is 487 g/mol.